The fourth-order valence-electron chi connectivity index (χ4n) is 1.99. The highest BCUT2D eigenvalue weighted by molar-refractivity contribution is 5.92. The fourth-order valence-corrected chi connectivity index (χ4v) is 1.99. The lowest BCUT2D eigenvalue weighted by Gasteiger charge is -2.08. The number of fused-ring (bicyclic) bond motifs is 1. The van der Waals surface area contributed by atoms with Crippen molar-refractivity contribution in [2.75, 3.05) is 13.2 Å². The van der Waals surface area contributed by atoms with E-state index in [4.69, 9.17) is 14.6 Å². The number of aromatic carboxylic acids is 1. The minimum atomic E-state index is -1.04. The van der Waals surface area contributed by atoms with Crippen LogP contribution >= 0.6 is 0 Å². The molecule has 98 valence electrons. The number of hydrogen-bond acceptors (Lipinski definition) is 4. The predicted octanol–water partition coefficient (Wildman–Crippen LogP) is 1.94. The van der Waals surface area contributed by atoms with E-state index in [1.807, 2.05) is 0 Å². The maximum atomic E-state index is 11.1. The lowest BCUT2D eigenvalue weighted by molar-refractivity contribution is 0.0692. The second kappa shape index (κ2) is 4.64. The number of imidazole rings is 1. The van der Waals surface area contributed by atoms with E-state index in [9.17, 15) is 4.79 Å². The Labute approximate surface area is 109 Å². The molecular weight excluding hydrogens is 248 g/mol. The summed E-state index contributed by atoms with van der Waals surface area (Å²) in [5.41, 5.74) is 1.14. The van der Waals surface area contributed by atoms with Crippen LogP contribution in [0.3, 0.4) is 0 Å². The third-order valence-corrected chi connectivity index (χ3v) is 2.87. The Hall–Kier alpha value is -2.50. The molecular formula is C13H12N2O4. The minimum absolute atomic E-state index is 0.0643. The molecule has 0 bridgehead atoms. The Bertz CT molecular complexity index is 621. The Morgan fingerprint density at radius 3 is 2.84 bits per heavy atom. The van der Waals surface area contributed by atoms with Crippen LogP contribution in [0.5, 0.6) is 11.5 Å². The van der Waals surface area contributed by atoms with E-state index in [1.165, 1.54) is 6.33 Å². The second-order valence-electron chi connectivity index (χ2n) is 4.14. The van der Waals surface area contributed by atoms with E-state index >= 15 is 0 Å². The van der Waals surface area contributed by atoms with Gasteiger partial charge < -0.3 is 19.6 Å². The molecule has 2 N–H and O–H groups in total. The summed E-state index contributed by atoms with van der Waals surface area (Å²) in [5.74, 6) is 0.252. The van der Waals surface area contributed by atoms with Gasteiger partial charge in [0, 0.05) is 12.0 Å². The van der Waals surface area contributed by atoms with E-state index in [1.54, 1.807) is 18.2 Å². The molecule has 0 saturated carbocycles. The molecule has 1 aromatic heterocycles. The lowest BCUT2D eigenvalue weighted by Crippen LogP contribution is -1.99. The van der Waals surface area contributed by atoms with Gasteiger partial charge in [0.1, 0.15) is 5.69 Å². The monoisotopic (exact) mass is 260 g/mol. The second-order valence-corrected chi connectivity index (χ2v) is 4.14. The zero-order valence-corrected chi connectivity index (χ0v) is 10.0. The smallest absolute Gasteiger partial charge is 0.354 e. The highest BCUT2D eigenvalue weighted by Gasteiger charge is 2.17. The van der Waals surface area contributed by atoms with Gasteiger partial charge in [0.25, 0.3) is 0 Å². The van der Waals surface area contributed by atoms with Crippen LogP contribution in [0.2, 0.25) is 0 Å². The van der Waals surface area contributed by atoms with E-state index in [-0.39, 0.29) is 5.69 Å². The van der Waals surface area contributed by atoms with Crippen LogP contribution in [-0.4, -0.2) is 34.3 Å². The topological polar surface area (TPSA) is 84.4 Å². The molecule has 0 fully saturated rings. The van der Waals surface area contributed by atoms with Gasteiger partial charge in [0.2, 0.25) is 0 Å². The highest BCUT2D eigenvalue weighted by atomic mass is 16.5. The molecule has 6 nitrogen and oxygen atoms in total. The summed E-state index contributed by atoms with van der Waals surface area (Å²) in [6, 6.07) is 5.30. The van der Waals surface area contributed by atoms with Crippen molar-refractivity contribution in [1.82, 2.24) is 9.97 Å². The first-order chi connectivity index (χ1) is 9.25. The first kappa shape index (κ1) is 11.6. The number of aromatic amines is 1. The Balaban J connectivity index is 2.04. The van der Waals surface area contributed by atoms with E-state index in [0.717, 1.165) is 6.42 Å². The molecule has 0 unspecified atom stereocenters. The largest absolute Gasteiger partial charge is 0.490 e. The Morgan fingerprint density at radius 2 is 2.05 bits per heavy atom. The molecule has 0 spiro atoms. The molecule has 2 aromatic rings. The number of carboxylic acid groups (broad SMARTS) is 1. The highest BCUT2D eigenvalue weighted by Crippen LogP contribution is 2.34. The van der Waals surface area contributed by atoms with Gasteiger partial charge in [-0.05, 0) is 18.2 Å². The third-order valence-electron chi connectivity index (χ3n) is 2.87. The number of nitrogens with zero attached hydrogens (tertiary/aromatic N) is 1. The number of carbonyl (C=O) groups is 1. The molecule has 1 aliphatic heterocycles. The van der Waals surface area contributed by atoms with Crippen LogP contribution in [0.1, 0.15) is 16.9 Å². The van der Waals surface area contributed by atoms with Crippen molar-refractivity contribution in [2.45, 2.75) is 6.42 Å². The average molecular weight is 260 g/mol. The summed E-state index contributed by atoms with van der Waals surface area (Å²) in [4.78, 5) is 17.7. The van der Waals surface area contributed by atoms with Crippen LogP contribution in [-0.2, 0) is 0 Å². The van der Waals surface area contributed by atoms with Crippen LogP contribution in [0.15, 0.2) is 24.5 Å². The molecule has 0 saturated heterocycles. The van der Waals surface area contributed by atoms with E-state index < -0.39 is 5.97 Å². The number of H-pyrrole nitrogens is 1. The van der Waals surface area contributed by atoms with Gasteiger partial charge in [-0.15, -0.1) is 0 Å². The number of rotatable bonds is 2. The third kappa shape index (κ3) is 2.12. The standard InChI is InChI=1S/C13H12N2O4/c16-13(17)12-11(14-7-15-12)8-2-3-9-10(6-8)19-5-1-4-18-9/h2-3,6-7H,1,4-5H2,(H,14,15)(H,16,17). The Kier molecular flexibility index (Phi) is 2.83. The molecule has 0 radical (unpaired) electrons. The summed E-state index contributed by atoms with van der Waals surface area (Å²) in [5, 5.41) is 9.07. The van der Waals surface area contributed by atoms with Crippen molar-refractivity contribution in [3.63, 3.8) is 0 Å². The van der Waals surface area contributed by atoms with Gasteiger partial charge in [-0.25, -0.2) is 9.78 Å². The fraction of sp³-hybridized carbons (Fsp3) is 0.231. The first-order valence-electron chi connectivity index (χ1n) is 5.92. The zero-order chi connectivity index (χ0) is 13.2. The van der Waals surface area contributed by atoms with Crippen LogP contribution in [0.4, 0.5) is 0 Å². The van der Waals surface area contributed by atoms with Crippen molar-refractivity contribution in [1.29, 1.82) is 0 Å². The molecule has 0 aliphatic carbocycles. The molecule has 19 heavy (non-hydrogen) atoms. The van der Waals surface area contributed by atoms with Crippen molar-refractivity contribution in [2.24, 2.45) is 0 Å². The van der Waals surface area contributed by atoms with Gasteiger partial charge in [-0.1, -0.05) is 0 Å². The van der Waals surface area contributed by atoms with Crippen LogP contribution < -0.4 is 9.47 Å². The summed E-state index contributed by atoms with van der Waals surface area (Å²) in [7, 11) is 0. The number of nitrogens with one attached hydrogen (secondary N) is 1. The predicted molar refractivity (Wildman–Crippen MR) is 66.6 cm³/mol. The maximum Gasteiger partial charge on any atom is 0.354 e. The quantitative estimate of drug-likeness (QED) is 0.861. The molecule has 1 aliphatic rings. The summed E-state index contributed by atoms with van der Waals surface area (Å²) >= 11 is 0. The van der Waals surface area contributed by atoms with E-state index in [0.29, 0.717) is 36.0 Å². The lowest BCUT2D eigenvalue weighted by atomic mass is 10.1. The first-order valence-corrected chi connectivity index (χ1v) is 5.92. The number of aromatic nitrogens is 2. The average Bonchev–Trinajstić information content (AvgIpc) is 2.78. The van der Waals surface area contributed by atoms with Crippen LogP contribution in [0, 0.1) is 0 Å². The summed E-state index contributed by atoms with van der Waals surface area (Å²) < 4.78 is 11.1. The van der Waals surface area contributed by atoms with Crippen molar-refractivity contribution in [3.8, 4) is 22.8 Å². The van der Waals surface area contributed by atoms with Gasteiger partial charge >= 0.3 is 5.97 Å². The van der Waals surface area contributed by atoms with Gasteiger partial charge in [-0.2, -0.15) is 0 Å². The number of benzene rings is 1. The number of carboxylic acids is 1. The van der Waals surface area contributed by atoms with E-state index in [2.05, 4.69) is 9.97 Å². The molecule has 6 heteroatoms. The van der Waals surface area contributed by atoms with Crippen molar-refractivity contribution in [3.05, 3.63) is 30.2 Å². The zero-order valence-electron chi connectivity index (χ0n) is 10.0. The van der Waals surface area contributed by atoms with Gasteiger partial charge in [0.05, 0.1) is 19.5 Å². The molecule has 1 aromatic carbocycles. The van der Waals surface area contributed by atoms with Gasteiger partial charge in [-0.3, -0.25) is 0 Å². The van der Waals surface area contributed by atoms with Crippen molar-refractivity contribution >= 4 is 5.97 Å². The maximum absolute atomic E-state index is 11.1. The number of hydrogen-bond donors (Lipinski definition) is 2. The molecule has 0 amide bonds. The summed E-state index contributed by atoms with van der Waals surface area (Å²) in [6.07, 6.45) is 2.19. The molecule has 3 rings (SSSR count). The normalized spacial score (nSPS) is 13.9. The van der Waals surface area contributed by atoms with Gasteiger partial charge in [0.15, 0.2) is 17.2 Å². The summed E-state index contributed by atoms with van der Waals surface area (Å²) in [6.45, 7) is 1.21. The number of ether oxygens (including phenoxy) is 2. The minimum Gasteiger partial charge on any atom is -0.490 e. The van der Waals surface area contributed by atoms with Crippen LogP contribution in [0.25, 0.3) is 11.3 Å². The molecule has 2 heterocycles. The Morgan fingerprint density at radius 1 is 1.26 bits per heavy atom. The SMILES string of the molecule is O=C(O)c1[nH]cnc1-c1ccc2c(c1)OCCCO2. The molecule has 0 atom stereocenters. The van der Waals surface area contributed by atoms with Crippen molar-refractivity contribution < 1.29 is 19.4 Å².